The van der Waals surface area contributed by atoms with Crippen molar-refractivity contribution < 1.29 is 18.8 Å². The molecule has 128 valence electrons. The summed E-state index contributed by atoms with van der Waals surface area (Å²) in [6, 6.07) is 6.33. The molecular formula is C15H13N5O5. The first-order valence-electron chi connectivity index (χ1n) is 7.62. The summed E-state index contributed by atoms with van der Waals surface area (Å²) in [6.45, 7) is 2.13. The number of furan rings is 1. The van der Waals surface area contributed by atoms with E-state index in [1.807, 2.05) is 4.90 Å². The van der Waals surface area contributed by atoms with Gasteiger partial charge in [-0.15, -0.1) is 0 Å². The Labute approximate surface area is 140 Å². The molecule has 0 radical (unpaired) electrons. The Morgan fingerprint density at radius 1 is 1.12 bits per heavy atom. The van der Waals surface area contributed by atoms with E-state index >= 15 is 0 Å². The molecule has 1 aliphatic rings. The SMILES string of the molecule is O=C(c1ccco1)N1CCN(c2ccc([N+](=O)[O-])c3nonc23)CC1. The van der Waals surface area contributed by atoms with Gasteiger partial charge in [-0.1, -0.05) is 0 Å². The number of benzene rings is 1. The molecule has 1 fully saturated rings. The lowest BCUT2D eigenvalue weighted by Gasteiger charge is -2.35. The van der Waals surface area contributed by atoms with E-state index in [2.05, 4.69) is 14.9 Å². The quantitative estimate of drug-likeness (QED) is 0.520. The summed E-state index contributed by atoms with van der Waals surface area (Å²) in [5, 5.41) is 18.5. The maximum Gasteiger partial charge on any atom is 0.300 e. The fraction of sp³-hybridized carbons (Fsp3) is 0.267. The number of amides is 1. The molecule has 1 aromatic carbocycles. The molecular weight excluding hydrogens is 330 g/mol. The number of nitro groups is 1. The zero-order valence-electron chi connectivity index (χ0n) is 13.0. The normalized spacial score (nSPS) is 14.9. The average Bonchev–Trinajstić information content (AvgIpc) is 3.32. The van der Waals surface area contributed by atoms with E-state index < -0.39 is 4.92 Å². The van der Waals surface area contributed by atoms with Crippen LogP contribution in [0.1, 0.15) is 10.6 Å². The van der Waals surface area contributed by atoms with Gasteiger partial charge in [0.1, 0.15) is 0 Å². The highest BCUT2D eigenvalue weighted by Crippen LogP contribution is 2.31. The number of non-ortho nitro benzene ring substituents is 1. The summed E-state index contributed by atoms with van der Waals surface area (Å²) in [7, 11) is 0. The zero-order valence-corrected chi connectivity index (χ0v) is 13.0. The van der Waals surface area contributed by atoms with Gasteiger partial charge in [0.15, 0.2) is 11.3 Å². The topological polar surface area (TPSA) is 119 Å². The number of fused-ring (bicyclic) bond motifs is 1. The predicted octanol–water partition coefficient (Wildman–Crippen LogP) is 1.69. The Morgan fingerprint density at radius 3 is 2.56 bits per heavy atom. The molecule has 10 heteroatoms. The molecule has 0 saturated carbocycles. The zero-order chi connectivity index (χ0) is 17.4. The van der Waals surface area contributed by atoms with Crippen molar-refractivity contribution in [1.82, 2.24) is 15.2 Å². The van der Waals surface area contributed by atoms with Gasteiger partial charge in [-0.2, -0.15) is 0 Å². The van der Waals surface area contributed by atoms with Crippen LogP contribution in [0.25, 0.3) is 11.0 Å². The Kier molecular flexibility index (Phi) is 3.56. The van der Waals surface area contributed by atoms with Crippen molar-refractivity contribution in [1.29, 1.82) is 0 Å². The van der Waals surface area contributed by atoms with Gasteiger partial charge in [-0.05, 0) is 28.5 Å². The van der Waals surface area contributed by atoms with Crippen molar-refractivity contribution in [3.63, 3.8) is 0 Å². The number of nitro benzene ring substituents is 1. The number of hydrogen-bond donors (Lipinski definition) is 0. The van der Waals surface area contributed by atoms with Crippen molar-refractivity contribution >= 4 is 28.3 Å². The number of carbonyl (C=O) groups is 1. The number of anilines is 1. The standard InChI is InChI=1S/C15H13N5O5/c21-15(12-2-1-9-24-12)19-7-5-18(6-8-19)10-3-4-11(20(22)23)14-13(10)16-25-17-14/h1-4,9H,5-8H2. The van der Waals surface area contributed by atoms with Crippen LogP contribution in [-0.2, 0) is 0 Å². The van der Waals surface area contributed by atoms with Crippen molar-refractivity contribution in [3.8, 4) is 0 Å². The van der Waals surface area contributed by atoms with Gasteiger partial charge >= 0.3 is 5.69 Å². The minimum absolute atomic E-state index is 0.122. The summed E-state index contributed by atoms with van der Waals surface area (Å²) in [4.78, 5) is 26.5. The first kappa shape index (κ1) is 15.1. The highest BCUT2D eigenvalue weighted by atomic mass is 16.6. The molecule has 0 spiro atoms. The Hall–Kier alpha value is -3.43. The van der Waals surface area contributed by atoms with Gasteiger partial charge in [-0.25, -0.2) is 4.63 Å². The van der Waals surface area contributed by atoms with Gasteiger partial charge in [-0.3, -0.25) is 14.9 Å². The summed E-state index contributed by atoms with van der Waals surface area (Å²) >= 11 is 0. The van der Waals surface area contributed by atoms with Crippen molar-refractivity contribution in [2.24, 2.45) is 0 Å². The van der Waals surface area contributed by atoms with Crippen LogP contribution in [0.15, 0.2) is 39.6 Å². The second kappa shape index (κ2) is 5.89. The van der Waals surface area contributed by atoms with Crippen LogP contribution in [0.2, 0.25) is 0 Å². The fourth-order valence-electron chi connectivity index (χ4n) is 2.95. The Morgan fingerprint density at radius 2 is 1.88 bits per heavy atom. The molecule has 3 heterocycles. The molecule has 0 aliphatic carbocycles. The molecule has 0 unspecified atom stereocenters. The third-order valence-electron chi connectivity index (χ3n) is 4.21. The minimum Gasteiger partial charge on any atom is -0.459 e. The summed E-state index contributed by atoms with van der Waals surface area (Å²) in [5.74, 6) is 0.161. The van der Waals surface area contributed by atoms with E-state index in [0.29, 0.717) is 43.1 Å². The monoisotopic (exact) mass is 343 g/mol. The first-order chi connectivity index (χ1) is 12.1. The summed E-state index contributed by atoms with van der Waals surface area (Å²) < 4.78 is 9.83. The summed E-state index contributed by atoms with van der Waals surface area (Å²) in [5.41, 5.74) is 1.02. The molecule has 0 atom stereocenters. The molecule has 2 aromatic heterocycles. The summed E-state index contributed by atoms with van der Waals surface area (Å²) in [6.07, 6.45) is 1.47. The molecule has 0 N–H and O–H groups in total. The smallest absolute Gasteiger partial charge is 0.300 e. The number of carbonyl (C=O) groups excluding carboxylic acids is 1. The maximum absolute atomic E-state index is 12.3. The second-order valence-electron chi connectivity index (χ2n) is 5.58. The first-order valence-corrected chi connectivity index (χ1v) is 7.62. The van der Waals surface area contributed by atoms with Crippen LogP contribution in [-0.4, -0.2) is 52.2 Å². The van der Waals surface area contributed by atoms with Gasteiger partial charge in [0.25, 0.3) is 5.91 Å². The number of nitrogens with zero attached hydrogens (tertiary/aromatic N) is 5. The van der Waals surface area contributed by atoms with E-state index in [1.165, 1.54) is 12.3 Å². The van der Waals surface area contributed by atoms with Crippen LogP contribution in [0.3, 0.4) is 0 Å². The van der Waals surface area contributed by atoms with Gasteiger partial charge < -0.3 is 14.2 Å². The van der Waals surface area contributed by atoms with E-state index in [-0.39, 0.29) is 17.1 Å². The molecule has 3 aromatic rings. The molecule has 10 nitrogen and oxygen atoms in total. The highest BCUT2D eigenvalue weighted by molar-refractivity contribution is 5.94. The van der Waals surface area contributed by atoms with E-state index in [1.54, 1.807) is 23.1 Å². The molecule has 0 bridgehead atoms. The third kappa shape index (κ3) is 2.57. The molecule has 1 amide bonds. The third-order valence-corrected chi connectivity index (χ3v) is 4.21. The average molecular weight is 343 g/mol. The van der Waals surface area contributed by atoms with E-state index in [0.717, 1.165) is 0 Å². The number of rotatable bonds is 3. The van der Waals surface area contributed by atoms with Gasteiger partial charge in [0.05, 0.1) is 16.9 Å². The largest absolute Gasteiger partial charge is 0.459 e. The van der Waals surface area contributed by atoms with Gasteiger partial charge in [0.2, 0.25) is 5.52 Å². The lowest BCUT2D eigenvalue weighted by molar-refractivity contribution is -0.383. The van der Waals surface area contributed by atoms with Crippen molar-refractivity contribution in [3.05, 3.63) is 46.4 Å². The van der Waals surface area contributed by atoms with E-state index in [4.69, 9.17) is 4.42 Å². The number of aromatic nitrogens is 2. The van der Waals surface area contributed by atoms with Gasteiger partial charge in [0, 0.05) is 32.2 Å². The van der Waals surface area contributed by atoms with E-state index in [9.17, 15) is 14.9 Å². The number of hydrogen-bond acceptors (Lipinski definition) is 8. The van der Waals surface area contributed by atoms with Crippen LogP contribution in [0, 0.1) is 10.1 Å². The predicted molar refractivity (Wildman–Crippen MR) is 85.3 cm³/mol. The van der Waals surface area contributed by atoms with Crippen molar-refractivity contribution in [2.45, 2.75) is 0 Å². The maximum atomic E-state index is 12.3. The Bertz CT molecular complexity index is 927. The molecule has 25 heavy (non-hydrogen) atoms. The lowest BCUT2D eigenvalue weighted by Crippen LogP contribution is -2.48. The van der Waals surface area contributed by atoms with Crippen LogP contribution in [0.4, 0.5) is 11.4 Å². The molecule has 1 saturated heterocycles. The Balaban J connectivity index is 1.54. The fourth-order valence-corrected chi connectivity index (χ4v) is 2.95. The van der Waals surface area contributed by atoms with Crippen molar-refractivity contribution in [2.75, 3.05) is 31.1 Å². The molecule has 4 rings (SSSR count). The number of piperazine rings is 1. The minimum atomic E-state index is -0.518. The molecule has 1 aliphatic heterocycles. The lowest BCUT2D eigenvalue weighted by atomic mass is 10.2. The highest BCUT2D eigenvalue weighted by Gasteiger charge is 2.27. The van der Waals surface area contributed by atoms with Crippen LogP contribution >= 0.6 is 0 Å². The van der Waals surface area contributed by atoms with Crippen LogP contribution in [0.5, 0.6) is 0 Å². The van der Waals surface area contributed by atoms with Crippen LogP contribution < -0.4 is 4.90 Å². The second-order valence-corrected chi connectivity index (χ2v) is 5.58.